The first-order chi connectivity index (χ1) is 16.0. The maximum Gasteiger partial charge on any atom is 0.234 e. The molecule has 10 heteroatoms. The van der Waals surface area contributed by atoms with Crippen LogP contribution in [0.4, 0.5) is 11.4 Å². The Bertz CT molecular complexity index is 1300. The molecule has 2 aromatic carbocycles. The molecule has 0 aliphatic rings. The average Bonchev–Trinajstić information content (AvgIpc) is 3.22. The summed E-state index contributed by atoms with van der Waals surface area (Å²) in [4.78, 5) is 33.3. The van der Waals surface area contributed by atoms with Crippen molar-refractivity contribution in [2.24, 2.45) is 0 Å². The Balaban J connectivity index is 1.31. The van der Waals surface area contributed by atoms with Gasteiger partial charge in [0.1, 0.15) is 0 Å². The Hall–Kier alpha value is -2.59. The Labute approximate surface area is 208 Å². The number of pyridine rings is 1. The van der Waals surface area contributed by atoms with Gasteiger partial charge in [-0.25, -0.2) is 9.97 Å². The summed E-state index contributed by atoms with van der Waals surface area (Å²) >= 11 is 10.4. The van der Waals surface area contributed by atoms with Crippen molar-refractivity contribution in [1.82, 2.24) is 9.97 Å². The third kappa shape index (κ3) is 6.70. The van der Waals surface area contributed by atoms with Gasteiger partial charge in [0.2, 0.25) is 11.8 Å². The van der Waals surface area contributed by atoms with Crippen LogP contribution < -0.4 is 10.6 Å². The van der Waals surface area contributed by atoms with Crippen molar-refractivity contribution in [3.05, 3.63) is 71.4 Å². The first kappa shape index (κ1) is 23.6. The Morgan fingerprint density at radius 1 is 0.970 bits per heavy atom. The molecule has 2 heterocycles. The smallest absolute Gasteiger partial charge is 0.234 e. The second kappa shape index (κ2) is 11.0. The molecular formula is C23H19ClN4O2S3. The zero-order valence-corrected chi connectivity index (χ0v) is 20.7. The molecule has 0 saturated carbocycles. The molecule has 0 radical (unpaired) electrons. The highest BCUT2D eigenvalue weighted by atomic mass is 35.5. The average molecular weight is 515 g/mol. The van der Waals surface area contributed by atoms with E-state index in [9.17, 15) is 9.59 Å². The highest BCUT2D eigenvalue weighted by Crippen LogP contribution is 2.31. The van der Waals surface area contributed by atoms with E-state index in [0.29, 0.717) is 16.4 Å². The van der Waals surface area contributed by atoms with Crippen molar-refractivity contribution in [2.75, 3.05) is 22.1 Å². The van der Waals surface area contributed by atoms with Crippen molar-refractivity contribution in [1.29, 1.82) is 0 Å². The highest BCUT2D eigenvalue weighted by molar-refractivity contribution is 8.01. The summed E-state index contributed by atoms with van der Waals surface area (Å²) in [5, 5.41) is 7.18. The summed E-state index contributed by atoms with van der Waals surface area (Å²) in [7, 11) is 0. The molecule has 0 atom stereocenters. The van der Waals surface area contributed by atoms with Gasteiger partial charge in [-0.15, -0.1) is 11.3 Å². The topological polar surface area (TPSA) is 84.0 Å². The summed E-state index contributed by atoms with van der Waals surface area (Å²) in [5.41, 5.74) is 3.17. The monoisotopic (exact) mass is 514 g/mol. The van der Waals surface area contributed by atoms with Gasteiger partial charge in [0.05, 0.1) is 26.7 Å². The number of thiazole rings is 1. The minimum Gasteiger partial charge on any atom is -0.325 e. The van der Waals surface area contributed by atoms with Crippen molar-refractivity contribution >= 4 is 79.9 Å². The molecule has 4 rings (SSSR count). The first-order valence-corrected chi connectivity index (χ1v) is 13.1. The quantitative estimate of drug-likeness (QED) is 0.276. The van der Waals surface area contributed by atoms with Crippen LogP contribution >= 0.6 is 46.5 Å². The molecule has 2 amide bonds. The Morgan fingerprint density at radius 2 is 1.70 bits per heavy atom. The van der Waals surface area contributed by atoms with Gasteiger partial charge in [-0.1, -0.05) is 47.3 Å². The Kier molecular flexibility index (Phi) is 7.87. The number of carbonyl (C=O) groups excluding carboxylic acids is 2. The number of halogens is 1. The molecule has 2 aromatic heterocycles. The van der Waals surface area contributed by atoms with Gasteiger partial charge in [-0.05, 0) is 55.0 Å². The van der Waals surface area contributed by atoms with Gasteiger partial charge >= 0.3 is 0 Å². The normalized spacial score (nSPS) is 10.8. The number of aryl methyl sites for hydroxylation is 1. The van der Waals surface area contributed by atoms with Crippen LogP contribution in [0.2, 0.25) is 5.02 Å². The minimum absolute atomic E-state index is 0.100. The second-order valence-corrected chi connectivity index (χ2v) is 10.6. The van der Waals surface area contributed by atoms with E-state index in [1.54, 1.807) is 12.3 Å². The number of fused-ring (bicyclic) bond motifs is 1. The summed E-state index contributed by atoms with van der Waals surface area (Å²) in [6, 6.07) is 16.6. The van der Waals surface area contributed by atoms with E-state index in [2.05, 4.69) is 20.6 Å². The standard InChI is InChI=1S/C23H19ClN4O2S3/c1-14-5-6-15(10-17(14)24)26-21(30)13-32-23-28-18-8-7-16(11-19(18)33-23)27-20(29)12-31-22-4-2-3-9-25-22/h2-11H,12-13H2,1H3,(H,26,30)(H,27,29). The van der Waals surface area contributed by atoms with Crippen LogP contribution in [0, 0.1) is 6.92 Å². The molecule has 0 aliphatic heterocycles. The highest BCUT2D eigenvalue weighted by Gasteiger charge is 2.11. The largest absolute Gasteiger partial charge is 0.325 e. The maximum atomic E-state index is 12.3. The Morgan fingerprint density at radius 3 is 2.42 bits per heavy atom. The molecular weight excluding hydrogens is 496 g/mol. The summed E-state index contributed by atoms with van der Waals surface area (Å²) in [5.74, 6) is 0.286. The van der Waals surface area contributed by atoms with Crippen molar-refractivity contribution in [2.45, 2.75) is 16.3 Å². The zero-order chi connectivity index (χ0) is 23.2. The third-order valence-electron chi connectivity index (χ3n) is 4.42. The lowest BCUT2D eigenvalue weighted by Crippen LogP contribution is -2.13. The zero-order valence-electron chi connectivity index (χ0n) is 17.5. The molecule has 168 valence electrons. The number of nitrogens with one attached hydrogen (secondary N) is 2. The van der Waals surface area contributed by atoms with Gasteiger partial charge < -0.3 is 10.6 Å². The van der Waals surface area contributed by atoms with Crippen LogP contribution in [-0.4, -0.2) is 33.3 Å². The minimum atomic E-state index is -0.127. The lowest BCUT2D eigenvalue weighted by atomic mass is 10.2. The van der Waals surface area contributed by atoms with E-state index in [1.807, 2.05) is 55.5 Å². The van der Waals surface area contributed by atoms with Crippen molar-refractivity contribution < 1.29 is 9.59 Å². The first-order valence-electron chi connectivity index (χ1n) is 9.89. The van der Waals surface area contributed by atoms with Crippen LogP contribution in [0.25, 0.3) is 10.2 Å². The van der Waals surface area contributed by atoms with Gasteiger partial charge in [0, 0.05) is 22.6 Å². The van der Waals surface area contributed by atoms with E-state index in [0.717, 1.165) is 25.1 Å². The van der Waals surface area contributed by atoms with Crippen LogP contribution in [0.5, 0.6) is 0 Å². The molecule has 4 aromatic rings. The molecule has 0 aliphatic carbocycles. The number of hydrogen-bond donors (Lipinski definition) is 2. The number of benzene rings is 2. The van der Waals surface area contributed by atoms with E-state index < -0.39 is 0 Å². The molecule has 0 fully saturated rings. The second-order valence-electron chi connectivity index (χ2n) is 6.97. The number of rotatable bonds is 8. The number of nitrogens with zero attached hydrogens (tertiary/aromatic N) is 2. The molecule has 33 heavy (non-hydrogen) atoms. The van der Waals surface area contributed by atoms with Crippen molar-refractivity contribution in [3.63, 3.8) is 0 Å². The lowest BCUT2D eigenvalue weighted by Gasteiger charge is -2.06. The molecule has 2 N–H and O–H groups in total. The number of hydrogen-bond acceptors (Lipinski definition) is 7. The fourth-order valence-electron chi connectivity index (χ4n) is 2.81. The predicted molar refractivity (Wildman–Crippen MR) is 139 cm³/mol. The molecule has 6 nitrogen and oxygen atoms in total. The molecule has 0 saturated heterocycles. The lowest BCUT2D eigenvalue weighted by molar-refractivity contribution is -0.114. The van der Waals surface area contributed by atoms with E-state index in [4.69, 9.17) is 11.6 Å². The van der Waals surface area contributed by atoms with Gasteiger partial charge in [-0.2, -0.15) is 0 Å². The number of carbonyl (C=O) groups is 2. The van der Waals surface area contributed by atoms with Crippen LogP contribution in [0.1, 0.15) is 5.56 Å². The van der Waals surface area contributed by atoms with Gasteiger partial charge in [-0.3, -0.25) is 9.59 Å². The maximum absolute atomic E-state index is 12.3. The van der Waals surface area contributed by atoms with Gasteiger partial charge in [0.15, 0.2) is 4.34 Å². The molecule has 0 spiro atoms. The number of amides is 2. The van der Waals surface area contributed by atoms with Crippen LogP contribution in [0.15, 0.2) is 70.2 Å². The SMILES string of the molecule is Cc1ccc(NC(=O)CSc2nc3ccc(NC(=O)CSc4ccccn4)cc3s2)cc1Cl. The third-order valence-corrected chi connectivity index (χ3v) is 7.94. The van der Waals surface area contributed by atoms with E-state index in [-0.39, 0.29) is 23.3 Å². The van der Waals surface area contributed by atoms with Crippen LogP contribution in [-0.2, 0) is 9.59 Å². The number of anilines is 2. The summed E-state index contributed by atoms with van der Waals surface area (Å²) < 4.78 is 1.73. The van der Waals surface area contributed by atoms with E-state index in [1.165, 1.54) is 34.9 Å². The number of aromatic nitrogens is 2. The fraction of sp³-hybridized carbons (Fsp3) is 0.130. The fourth-order valence-corrected chi connectivity index (χ4v) is 5.56. The van der Waals surface area contributed by atoms with Gasteiger partial charge in [0.25, 0.3) is 0 Å². The predicted octanol–water partition coefficient (Wildman–Crippen LogP) is 6.11. The van der Waals surface area contributed by atoms with Crippen LogP contribution in [0.3, 0.4) is 0 Å². The van der Waals surface area contributed by atoms with E-state index >= 15 is 0 Å². The van der Waals surface area contributed by atoms with Crippen molar-refractivity contribution in [3.8, 4) is 0 Å². The summed E-state index contributed by atoms with van der Waals surface area (Å²) in [6.45, 7) is 1.91. The summed E-state index contributed by atoms with van der Waals surface area (Å²) in [6.07, 6.45) is 1.70. The molecule has 0 bridgehead atoms. The molecule has 0 unspecified atom stereocenters. The number of thioether (sulfide) groups is 2.